The van der Waals surface area contributed by atoms with Crippen LogP contribution in [0.15, 0.2) is 30.6 Å². The number of aryl methyl sites for hydroxylation is 1. The fourth-order valence-electron chi connectivity index (χ4n) is 6.24. The van der Waals surface area contributed by atoms with Crippen molar-refractivity contribution < 1.29 is 8.78 Å². The van der Waals surface area contributed by atoms with Crippen LogP contribution in [0, 0.1) is 17.8 Å². The third kappa shape index (κ3) is 8.15. The minimum Gasteiger partial charge on any atom is -0.212 e. The van der Waals surface area contributed by atoms with Gasteiger partial charge in [0, 0.05) is 14.4 Å². The molecule has 1 aliphatic heterocycles. The van der Waals surface area contributed by atoms with Crippen LogP contribution in [0.2, 0.25) is 18.1 Å². The lowest BCUT2D eigenvalue weighted by atomic mass is 9.73. The van der Waals surface area contributed by atoms with E-state index in [2.05, 4.69) is 6.92 Å². The van der Waals surface area contributed by atoms with Crippen molar-refractivity contribution in [2.45, 2.75) is 109 Å². The molecule has 0 N–H and O–H groups in total. The molecule has 2 aliphatic rings. The molecular weight excluding hydrogens is 402 g/mol. The summed E-state index contributed by atoms with van der Waals surface area (Å²) in [7, 11) is -0.356. The van der Waals surface area contributed by atoms with E-state index in [1.165, 1.54) is 69.8 Å². The SMILES string of the molecule is CCCCC[SiH]1CCC(C2CCC(CCCCc3ccc(C(F)=CF)cc3)CC2)CC1. The number of rotatable bonds is 11. The molecule has 1 aromatic rings. The minimum atomic E-state index is -0.788. The Morgan fingerprint density at radius 2 is 1.58 bits per heavy atom. The van der Waals surface area contributed by atoms with E-state index in [1.54, 1.807) is 43.1 Å². The molecule has 1 heterocycles. The highest BCUT2D eigenvalue weighted by molar-refractivity contribution is 6.58. The summed E-state index contributed by atoms with van der Waals surface area (Å²) in [5.74, 6) is 2.27. The maximum Gasteiger partial charge on any atom is 0.158 e. The molecule has 1 saturated carbocycles. The lowest BCUT2D eigenvalue weighted by Crippen LogP contribution is -2.28. The Hall–Kier alpha value is -0.963. The first-order chi connectivity index (χ1) is 15.2. The molecule has 174 valence electrons. The van der Waals surface area contributed by atoms with Gasteiger partial charge in [-0.05, 0) is 49.0 Å². The molecule has 0 radical (unpaired) electrons. The van der Waals surface area contributed by atoms with Crippen LogP contribution in [-0.4, -0.2) is 8.80 Å². The van der Waals surface area contributed by atoms with Crippen LogP contribution in [0.5, 0.6) is 0 Å². The zero-order valence-corrected chi connectivity index (χ0v) is 20.9. The van der Waals surface area contributed by atoms with Gasteiger partial charge in [0.2, 0.25) is 0 Å². The van der Waals surface area contributed by atoms with Crippen LogP contribution in [0.1, 0.15) is 95.1 Å². The first-order valence-electron chi connectivity index (χ1n) is 13.2. The topological polar surface area (TPSA) is 0 Å². The van der Waals surface area contributed by atoms with Gasteiger partial charge in [0.1, 0.15) is 6.33 Å². The molecule has 2 fully saturated rings. The molecule has 1 aromatic carbocycles. The van der Waals surface area contributed by atoms with Crippen molar-refractivity contribution in [1.82, 2.24) is 0 Å². The summed E-state index contributed by atoms with van der Waals surface area (Å²) in [6, 6.07) is 12.2. The average molecular weight is 447 g/mol. The summed E-state index contributed by atoms with van der Waals surface area (Å²) < 4.78 is 25.5. The van der Waals surface area contributed by atoms with Crippen molar-refractivity contribution in [2.75, 3.05) is 0 Å². The Morgan fingerprint density at radius 3 is 2.23 bits per heavy atom. The van der Waals surface area contributed by atoms with Crippen molar-refractivity contribution in [2.24, 2.45) is 17.8 Å². The van der Waals surface area contributed by atoms with Crippen molar-refractivity contribution in [3.63, 3.8) is 0 Å². The highest BCUT2D eigenvalue weighted by Gasteiger charge is 2.30. The van der Waals surface area contributed by atoms with Crippen molar-refractivity contribution >= 4 is 14.6 Å². The number of hydrogen-bond acceptors (Lipinski definition) is 0. The van der Waals surface area contributed by atoms with Gasteiger partial charge in [-0.3, -0.25) is 0 Å². The molecule has 0 atom stereocenters. The summed E-state index contributed by atoms with van der Waals surface area (Å²) in [4.78, 5) is 0. The normalized spacial score (nSPS) is 27.4. The summed E-state index contributed by atoms with van der Waals surface area (Å²) >= 11 is 0. The van der Waals surface area contributed by atoms with E-state index in [-0.39, 0.29) is 15.1 Å². The first kappa shape index (κ1) is 24.7. The predicted octanol–water partition coefficient (Wildman–Crippen LogP) is 9.27. The Bertz CT molecular complexity index is 637. The molecule has 0 nitrogen and oxygen atoms in total. The highest BCUT2D eigenvalue weighted by atomic mass is 28.3. The van der Waals surface area contributed by atoms with Crippen molar-refractivity contribution in [1.29, 1.82) is 0 Å². The van der Waals surface area contributed by atoms with Gasteiger partial charge in [0.15, 0.2) is 5.83 Å². The fourth-order valence-corrected chi connectivity index (χ4v) is 9.77. The Labute approximate surface area is 191 Å². The van der Waals surface area contributed by atoms with Crippen molar-refractivity contribution in [3.8, 4) is 0 Å². The molecule has 0 spiro atoms. The Morgan fingerprint density at radius 1 is 0.903 bits per heavy atom. The molecule has 0 unspecified atom stereocenters. The predicted molar refractivity (Wildman–Crippen MR) is 133 cm³/mol. The van der Waals surface area contributed by atoms with Gasteiger partial charge in [-0.15, -0.1) is 0 Å². The van der Waals surface area contributed by atoms with E-state index in [9.17, 15) is 8.78 Å². The summed E-state index contributed by atoms with van der Waals surface area (Å²) in [5, 5.41) is 0. The zero-order valence-electron chi connectivity index (χ0n) is 19.8. The standard InChI is InChI=1S/C28H44F2Si/c1-2-3-6-19-31-20-17-26(18-21-31)25-13-9-23(10-14-25)7-4-5-8-24-11-15-27(16-12-24)28(30)22-29/h11-12,15-16,22-23,25-26,31H,2-10,13-14,17-21H2,1H3. The molecule has 0 aromatic heterocycles. The summed E-state index contributed by atoms with van der Waals surface area (Å²) in [6.07, 6.45) is 18.4. The van der Waals surface area contributed by atoms with Crippen LogP contribution in [0.3, 0.4) is 0 Å². The van der Waals surface area contributed by atoms with Crippen LogP contribution in [-0.2, 0) is 6.42 Å². The zero-order chi connectivity index (χ0) is 21.9. The number of hydrogen-bond donors (Lipinski definition) is 0. The molecular formula is C28H44F2Si. The fraction of sp³-hybridized carbons (Fsp3) is 0.714. The Balaban J connectivity index is 1.26. The molecule has 0 amide bonds. The van der Waals surface area contributed by atoms with E-state index < -0.39 is 5.83 Å². The van der Waals surface area contributed by atoms with Crippen molar-refractivity contribution in [3.05, 3.63) is 41.7 Å². The largest absolute Gasteiger partial charge is 0.212 e. The van der Waals surface area contributed by atoms with Gasteiger partial charge in [0.05, 0.1) is 0 Å². The van der Waals surface area contributed by atoms with E-state index >= 15 is 0 Å². The number of unbranched alkanes of at least 4 members (excludes halogenated alkanes) is 3. The quantitative estimate of drug-likeness (QED) is 0.235. The van der Waals surface area contributed by atoms with E-state index in [4.69, 9.17) is 0 Å². The first-order valence-corrected chi connectivity index (χ1v) is 15.7. The molecule has 1 aliphatic carbocycles. The van der Waals surface area contributed by atoms with Gasteiger partial charge in [-0.25, -0.2) is 8.78 Å². The van der Waals surface area contributed by atoms with Crippen LogP contribution >= 0.6 is 0 Å². The Kier molecular flexibility index (Phi) is 10.8. The van der Waals surface area contributed by atoms with E-state index in [1.807, 2.05) is 12.1 Å². The highest BCUT2D eigenvalue weighted by Crippen LogP contribution is 2.42. The monoisotopic (exact) mass is 446 g/mol. The summed E-state index contributed by atoms with van der Waals surface area (Å²) in [6.45, 7) is 2.33. The second-order valence-electron chi connectivity index (χ2n) is 10.5. The molecule has 1 saturated heterocycles. The van der Waals surface area contributed by atoms with Gasteiger partial charge >= 0.3 is 0 Å². The van der Waals surface area contributed by atoms with Gasteiger partial charge in [-0.1, -0.05) is 107 Å². The number of benzene rings is 1. The second-order valence-corrected chi connectivity index (χ2v) is 13.9. The lowest BCUT2D eigenvalue weighted by Gasteiger charge is -2.37. The minimum absolute atomic E-state index is 0.0328. The number of halogens is 2. The maximum atomic E-state index is 13.2. The third-order valence-electron chi connectivity index (χ3n) is 8.32. The van der Waals surface area contributed by atoms with Gasteiger partial charge < -0.3 is 0 Å². The second kappa shape index (κ2) is 13.6. The smallest absolute Gasteiger partial charge is 0.158 e. The molecule has 31 heavy (non-hydrogen) atoms. The third-order valence-corrected chi connectivity index (χ3v) is 11.8. The van der Waals surface area contributed by atoms with E-state index in [0.717, 1.165) is 24.2 Å². The van der Waals surface area contributed by atoms with Gasteiger partial charge in [0.25, 0.3) is 0 Å². The summed E-state index contributed by atoms with van der Waals surface area (Å²) in [5.41, 5.74) is 1.56. The van der Waals surface area contributed by atoms with Gasteiger partial charge in [-0.2, -0.15) is 0 Å². The van der Waals surface area contributed by atoms with Crippen LogP contribution in [0.25, 0.3) is 5.83 Å². The molecule has 3 heteroatoms. The average Bonchev–Trinajstić information content (AvgIpc) is 2.83. The van der Waals surface area contributed by atoms with Crippen LogP contribution in [0.4, 0.5) is 8.78 Å². The molecule has 0 bridgehead atoms. The van der Waals surface area contributed by atoms with Crippen LogP contribution < -0.4 is 0 Å². The molecule has 3 rings (SSSR count). The maximum absolute atomic E-state index is 13.2. The lowest BCUT2D eigenvalue weighted by molar-refractivity contribution is 0.184. The van der Waals surface area contributed by atoms with E-state index in [0.29, 0.717) is 5.56 Å².